The van der Waals surface area contributed by atoms with Crippen molar-refractivity contribution < 1.29 is 13.2 Å². The molecule has 0 atom stereocenters. The zero-order valence-corrected chi connectivity index (χ0v) is 8.77. The molecular formula is C10H7F3N2S. The third kappa shape index (κ3) is 1.76. The van der Waals surface area contributed by atoms with Gasteiger partial charge in [-0.15, -0.1) is 11.3 Å². The van der Waals surface area contributed by atoms with Crippen LogP contribution < -0.4 is 5.84 Å². The Balaban J connectivity index is 2.71. The largest absolute Gasteiger partial charge is 0.417 e. The molecule has 0 aliphatic heterocycles. The minimum atomic E-state index is -4.32. The van der Waals surface area contributed by atoms with E-state index >= 15 is 0 Å². The van der Waals surface area contributed by atoms with E-state index in [0.29, 0.717) is 10.3 Å². The van der Waals surface area contributed by atoms with Crippen LogP contribution in [-0.2, 0) is 6.18 Å². The lowest BCUT2D eigenvalue weighted by Crippen LogP contribution is -2.03. The smallest absolute Gasteiger partial charge is 0.323 e. The average Bonchev–Trinajstić information content (AvgIpc) is 2.62. The molecule has 0 aliphatic carbocycles. The second-order valence-corrected chi connectivity index (χ2v) is 4.03. The number of hydrazone groups is 1. The van der Waals surface area contributed by atoms with Gasteiger partial charge in [0.05, 0.1) is 11.8 Å². The molecule has 16 heavy (non-hydrogen) atoms. The van der Waals surface area contributed by atoms with Crippen LogP contribution in [0.5, 0.6) is 0 Å². The number of rotatable bonds is 1. The van der Waals surface area contributed by atoms with Gasteiger partial charge in [-0.05, 0) is 0 Å². The molecule has 1 heterocycles. The maximum absolute atomic E-state index is 12.6. The van der Waals surface area contributed by atoms with Crippen molar-refractivity contribution in [3.8, 4) is 0 Å². The molecule has 0 fully saturated rings. The minimum Gasteiger partial charge on any atom is -0.323 e. The minimum absolute atomic E-state index is 0.190. The topological polar surface area (TPSA) is 38.4 Å². The van der Waals surface area contributed by atoms with Gasteiger partial charge in [0.1, 0.15) is 0 Å². The molecule has 0 unspecified atom stereocenters. The van der Waals surface area contributed by atoms with Crippen LogP contribution in [0.25, 0.3) is 10.1 Å². The first-order valence-electron chi connectivity index (χ1n) is 4.34. The van der Waals surface area contributed by atoms with Gasteiger partial charge in [-0.3, -0.25) is 0 Å². The Hall–Kier alpha value is -1.56. The van der Waals surface area contributed by atoms with E-state index in [1.165, 1.54) is 12.3 Å². The number of thiophene rings is 1. The van der Waals surface area contributed by atoms with Gasteiger partial charge in [0.25, 0.3) is 0 Å². The Labute approximate surface area is 93.2 Å². The molecule has 0 bridgehead atoms. The zero-order valence-electron chi connectivity index (χ0n) is 7.95. The summed E-state index contributed by atoms with van der Waals surface area (Å²) < 4.78 is 38.4. The fourth-order valence-corrected chi connectivity index (χ4v) is 2.54. The van der Waals surface area contributed by atoms with Crippen molar-refractivity contribution in [3.63, 3.8) is 0 Å². The highest BCUT2D eigenvalue weighted by Crippen LogP contribution is 2.39. The number of halogens is 3. The summed E-state index contributed by atoms with van der Waals surface area (Å²) in [5, 5.41) is 4.63. The molecule has 0 saturated heterocycles. The van der Waals surface area contributed by atoms with Gasteiger partial charge in [0.2, 0.25) is 0 Å². The fraction of sp³-hybridized carbons (Fsp3) is 0.100. The molecule has 2 rings (SSSR count). The van der Waals surface area contributed by atoms with Gasteiger partial charge in [-0.2, -0.15) is 18.3 Å². The molecule has 0 amide bonds. The molecule has 6 heteroatoms. The molecule has 1 aromatic heterocycles. The average molecular weight is 244 g/mol. The SMILES string of the molecule is NN=Cc1cccc2c(C(F)(F)F)csc12. The van der Waals surface area contributed by atoms with E-state index in [-0.39, 0.29) is 5.39 Å². The number of nitrogens with zero attached hydrogens (tertiary/aromatic N) is 1. The van der Waals surface area contributed by atoms with Crippen LogP contribution in [0.3, 0.4) is 0 Å². The predicted octanol–water partition coefficient (Wildman–Crippen LogP) is 3.21. The fourth-order valence-electron chi connectivity index (χ4n) is 1.48. The third-order valence-corrected chi connectivity index (χ3v) is 3.19. The lowest BCUT2D eigenvalue weighted by Gasteiger charge is -2.04. The molecule has 0 saturated carbocycles. The Morgan fingerprint density at radius 2 is 2.06 bits per heavy atom. The monoisotopic (exact) mass is 244 g/mol. The van der Waals surface area contributed by atoms with Crippen LogP contribution in [0.4, 0.5) is 13.2 Å². The number of hydrogen-bond donors (Lipinski definition) is 1. The number of hydrogen-bond acceptors (Lipinski definition) is 3. The molecular weight excluding hydrogens is 237 g/mol. The second-order valence-electron chi connectivity index (χ2n) is 3.15. The van der Waals surface area contributed by atoms with Crippen molar-refractivity contribution in [2.45, 2.75) is 6.18 Å². The highest BCUT2D eigenvalue weighted by molar-refractivity contribution is 7.17. The van der Waals surface area contributed by atoms with Crippen molar-refractivity contribution in [2.75, 3.05) is 0 Å². The summed E-state index contributed by atoms with van der Waals surface area (Å²) in [4.78, 5) is 0. The van der Waals surface area contributed by atoms with Crippen LogP contribution in [-0.4, -0.2) is 6.21 Å². The van der Waals surface area contributed by atoms with Gasteiger partial charge in [-0.1, -0.05) is 18.2 Å². The van der Waals surface area contributed by atoms with Crippen LogP contribution in [0.15, 0.2) is 28.7 Å². The third-order valence-electron chi connectivity index (χ3n) is 2.15. The summed E-state index contributed by atoms with van der Waals surface area (Å²) in [5.74, 6) is 5.00. The zero-order chi connectivity index (χ0) is 11.8. The van der Waals surface area contributed by atoms with Crippen LogP contribution >= 0.6 is 11.3 Å². The maximum Gasteiger partial charge on any atom is 0.417 e. The summed E-state index contributed by atoms with van der Waals surface area (Å²) in [7, 11) is 0. The molecule has 2 nitrogen and oxygen atoms in total. The highest BCUT2D eigenvalue weighted by Gasteiger charge is 2.33. The summed E-state index contributed by atoms with van der Waals surface area (Å²) in [5.41, 5.74) is -0.0136. The van der Waals surface area contributed by atoms with Gasteiger partial charge in [0.15, 0.2) is 0 Å². The van der Waals surface area contributed by atoms with Crippen molar-refractivity contribution in [1.82, 2.24) is 0 Å². The lowest BCUT2D eigenvalue weighted by atomic mass is 10.1. The maximum atomic E-state index is 12.6. The van der Waals surface area contributed by atoms with E-state index in [2.05, 4.69) is 5.10 Å². The molecule has 84 valence electrons. The van der Waals surface area contributed by atoms with Crippen LogP contribution in [0.1, 0.15) is 11.1 Å². The van der Waals surface area contributed by atoms with E-state index < -0.39 is 11.7 Å². The Kier molecular flexibility index (Phi) is 2.59. The quantitative estimate of drug-likeness (QED) is 0.467. The molecule has 0 radical (unpaired) electrons. The summed E-state index contributed by atoms with van der Waals surface area (Å²) >= 11 is 1.04. The summed E-state index contributed by atoms with van der Waals surface area (Å²) in [6.07, 6.45) is -2.98. The molecule has 2 N–H and O–H groups in total. The predicted molar refractivity (Wildman–Crippen MR) is 58.6 cm³/mol. The van der Waals surface area contributed by atoms with Gasteiger partial charge in [-0.25, -0.2) is 0 Å². The van der Waals surface area contributed by atoms with Crippen molar-refractivity contribution in [1.29, 1.82) is 0 Å². The standard InChI is InChI=1S/C10H7F3N2S/c11-10(12,13)8-5-16-9-6(4-15-14)2-1-3-7(8)9/h1-5H,14H2. The van der Waals surface area contributed by atoms with Crippen molar-refractivity contribution in [3.05, 3.63) is 34.7 Å². The molecule has 0 aliphatic rings. The lowest BCUT2D eigenvalue weighted by molar-refractivity contribution is -0.136. The second kappa shape index (κ2) is 3.79. The van der Waals surface area contributed by atoms with Crippen molar-refractivity contribution in [2.24, 2.45) is 10.9 Å². The summed E-state index contributed by atoms with van der Waals surface area (Å²) in [6.45, 7) is 0. The Bertz CT molecular complexity index is 542. The van der Waals surface area contributed by atoms with E-state index in [1.807, 2.05) is 0 Å². The Morgan fingerprint density at radius 3 is 2.69 bits per heavy atom. The number of nitrogens with two attached hydrogens (primary N) is 1. The van der Waals surface area contributed by atoms with Gasteiger partial charge >= 0.3 is 6.18 Å². The first-order chi connectivity index (χ1) is 7.54. The summed E-state index contributed by atoms with van der Waals surface area (Å²) in [6, 6.07) is 4.68. The van der Waals surface area contributed by atoms with Gasteiger partial charge < -0.3 is 5.84 Å². The molecule has 0 spiro atoms. The first kappa shape index (κ1) is 10.9. The highest BCUT2D eigenvalue weighted by atomic mass is 32.1. The molecule has 2 aromatic rings. The van der Waals surface area contributed by atoms with E-state index in [1.54, 1.807) is 12.1 Å². The first-order valence-corrected chi connectivity index (χ1v) is 5.22. The molecule has 1 aromatic carbocycles. The number of alkyl halides is 3. The van der Waals surface area contributed by atoms with Crippen LogP contribution in [0, 0.1) is 0 Å². The van der Waals surface area contributed by atoms with E-state index in [0.717, 1.165) is 16.7 Å². The number of fused-ring (bicyclic) bond motifs is 1. The van der Waals surface area contributed by atoms with Crippen molar-refractivity contribution >= 4 is 27.6 Å². The Morgan fingerprint density at radius 1 is 1.31 bits per heavy atom. The normalized spacial score (nSPS) is 12.7. The van der Waals surface area contributed by atoms with E-state index in [4.69, 9.17) is 5.84 Å². The van der Waals surface area contributed by atoms with Crippen LogP contribution in [0.2, 0.25) is 0 Å². The van der Waals surface area contributed by atoms with E-state index in [9.17, 15) is 13.2 Å². The number of benzene rings is 1. The van der Waals surface area contributed by atoms with Gasteiger partial charge in [0, 0.05) is 21.0 Å².